The van der Waals surface area contributed by atoms with E-state index in [1.54, 1.807) is 18.2 Å². The molecule has 1 heterocycles. The summed E-state index contributed by atoms with van der Waals surface area (Å²) < 4.78 is 5.24. The summed E-state index contributed by atoms with van der Waals surface area (Å²) in [5.74, 6) is -1.25. The Morgan fingerprint density at radius 3 is 2.79 bits per heavy atom. The summed E-state index contributed by atoms with van der Waals surface area (Å²) in [4.78, 5) is 26.5. The first kappa shape index (κ1) is 18.1. The predicted octanol–water partition coefficient (Wildman–Crippen LogP) is 1.43. The van der Waals surface area contributed by atoms with E-state index in [4.69, 9.17) is 15.6 Å². The number of benzene rings is 1. The Morgan fingerprint density at radius 2 is 2.21 bits per heavy atom. The Kier molecular flexibility index (Phi) is 6.03. The molecule has 0 radical (unpaired) electrons. The minimum absolute atomic E-state index is 0.0110. The number of carboxylic acid groups (broad SMARTS) is 1. The number of anilines is 2. The summed E-state index contributed by atoms with van der Waals surface area (Å²) in [5.41, 5.74) is 7.14. The third kappa shape index (κ3) is 4.61. The van der Waals surface area contributed by atoms with Gasteiger partial charge in [0.1, 0.15) is 6.10 Å². The summed E-state index contributed by atoms with van der Waals surface area (Å²) in [7, 11) is 0. The van der Waals surface area contributed by atoms with Crippen LogP contribution in [0.15, 0.2) is 18.2 Å². The highest BCUT2D eigenvalue weighted by Gasteiger charge is 2.24. The molecule has 1 unspecified atom stereocenters. The second kappa shape index (κ2) is 8.01. The number of likely N-dealkylation sites (tertiary alicyclic amines) is 1. The molecule has 1 atom stereocenters. The standard InChI is InChI=1S/C17H25N3O4/c1-3-20(13-4-5-15(17(22)23)16(18)10-13)9-8-19-7-6-14(11-19)24-12(2)21/h4-5,10,14H,3,6-9,11,18H2,1-2H3,(H,22,23). The normalized spacial score (nSPS) is 17.7. The van der Waals surface area contributed by atoms with E-state index in [1.165, 1.54) is 6.92 Å². The zero-order valence-corrected chi connectivity index (χ0v) is 14.2. The number of nitrogens with zero attached hydrogens (tertiary/aromatic N) is 2. The van der Waals surface area contributed by atoms with Crippen LogP contribution in [-0.2, 0) is 9.53 Å². The Labute approximate surface area is 142 Å². The van der Waals surface area contributed by atoms with E-state index in [-0.39, 0.29) is 23.3 Å². The molecule has 0 aliphatic carbocycles. The van der Waals surface area contributed by atoms with Crippen molar-refractivity contribution in [3.05, 3.63) is 23.8 Å². The van der Waals surface area contributed by atoms with Crippen LogP contribution in [0.3, 0.4) is 0 Å². The summed E-state index contributed by atoms with van der Waals surface area (Å²) >= 11 is 0. The minimum atomic E-state index is -1.02. The number of hydrogen-bond acceptors (Lipinski definition) is 6. The highest BCUT2D eigenvalue weighted by Crippen LogP contribution is 2.22. The average molecular weight is 335 g/mol. The maximum atomic E-state index is 11.0. The van der Waals surface area contributed by atoms with Gasteiger partial charge in [0.05, 0.1) is 5.56 Å². The molecule has 0 spiro atoms. The van der Waals surface area contributed by atoms with Gasteiger partial charge in [0.25, 0.3) is 0 Å². The van der Waals surface area contributed by atoms with Crippen LogP contribution in [0.2, 0.25) is 0 Å². The van der Waals surface area contributed by atoms with E-state index in [9.17, 15) is 9.59 Å². The molecule has 0 aromatic heterocycles. The molecule has 7 nitrogen and oxygen atoms in total. The number of carbonyl (C=O) groups is 2. The first-order valence-electron chi connectivity index (χ1n) is 8.18. The number of nitrogen functional groups attached to an aromatic ring is 1. The maximum absolute atomic E-state index is 11.0. The molecule has 0 amide bonds. The van der Waals surface area contributed by atoms with Crippen LogP contribution in [0.25, 0.3) is 0 Å². The molecule has 1 saturated heterocycles. The molecule has 24 heavy (non-hydrogen) atoms. The SMILES string of the molecule is CCN(CCN1CCC(OC(C)=O)C1)c1ccc(C(=O)O)c(N)c1. The number of likely N-dealkylation sites (N-methyl/N-ethyl adjacent to an activating group) is 1. The quantitative estimate of drug-likeness (QED) is 0.575. The number of rotatable bonds is 7. The molecule has 1 aliphatic rings. The smallest absolute Gasteiger partial charge is 0.337 e. The topological polar surface area (TPSA) is 96.1 Å². The second-order valence-corrected chi connectivity index (χ2v) is 5.98. The highest BCUT2D eigenvalue weighted by molar-refractivity contribution is 5.94. The summed E-state index contributed by atoms with van der Waals surface area (Å²) in [6, 6.07) is 5.04. The molecule has 1 fully saturated rings. The fraction of sp³-hybridized carbons (Fsp3) is 0.529. The lowest BCUT2D eigenvalue weighted by atomic mass is 10.1. The van der Waals surface area contributed by atoms with Gasteiger partial charge < -0.3 is 20.5 Å². The van der Waals surface area contributed by atoms with Gasteiger partial charge in [-0.15, -0.1) is 0 Å². The average Bonchev–Trinajstić information content (AvgIpc) is 2.94. The third-order valence-electron chi connectivity index (χ3n) is 4.26. The Bertz CT molecular complexity index is 605. The third-order valence-corrected chi connectivity index (χ3v) is 4.26. The monoisotopic (exact) mass is 335 g/mol. The number of carboxylic acids is 1. The molecular formula is C17H25N3O4. The van der Waals surface area contributed by atoms with Gasteiger partial charge in [-0.3, -0.25) is 9.69 Å². The Morgan fingerprint density at radius 1 is 1.46 bits per heavy atom. The van der Waals surface area contributed by atoms with Crippen molar-refractivity contribution >= 4 is 23.3 Å². The van der Waals surface area contributed by atoms with Crippen molar-refractivity contribution in [2.24, 2.45) is 0 Å². The molecule has 2 rings (SSSR count). The molecular weight excluding hydrogens is 310 g/mol. The van der Waals surface area contributed by atoms with Gasteiger partial charge in [-0.2, -0.15) is 0 Å². The molecule has 132 valence electrons. The summed E-state index contributed by atoms with van der Waals surface area (Å²) in [6.45, 7) is 7.61. The molecule has 3 N–H and O–H groups in total. The van der Waals surface area contributed by atoms with Crippen LogP contribution in [-0.4, -0.2) is 60.8 Å². The van der Waals surface area contributed by atoms with Gasteiger partial charge in [0.15, 0.2) is 0 Å². The van der Waals surface area contributed by atoms with Gasteiger partial charge >= 0.3 is 11.9 Å². The van der Waals surface area contributed by atoms with Crippen LogP contribution in [0.5, 0.6) is 0 Å². The number of ether oxygens (including phenoxy) is 1. The molecule has 0 saturated carbocycles. The zero-order chi connectivity index (χ0) is 17.7. The molecule has 0 bridgehead atoms. The van der Waals surface area contributed by atoms with Crippen molar-refractivity contribution in [1.29, 1.82) is 0 Å². The molecule has 1 aliphatic heterocycles. The van der Waals surface area contributed by atoms with E-state index in [0.29, 0.717) is 0 Å². The van der Waals surface area contributed by atoms with Crippen molar-refractivity contribution in [3.8, 4) is 0 Å². The molecule has 7 heteroatoms. The summed E-state index contributed by atoms with van der Waals surface area (Å²) in [5, 5.41) is 9.05. The van der Waals surface area contributed by atoms with Gasteiger partial charge in [0.2, 0.25) is 0 Å². The van der Waals surface area contributed by atoms with Crippen LogP contribution in [0.1, 0.15) is 30.6 Å². The number of hydrogen-bond donors (Lipinski definition) is 2. The van der Waals surface area contributed by atoms with Crippen molar-refractivity contribution in [1.82, 2.24) is 4.90 Å². The van der Waals surface area contributed by atoms with Crippen molar-refractivity contribution in [3.63, 3.8) is 0 Å². The van der Waals surface area contributed by atoms with Crippen molar-refractivity contribution < 1.29 is 19.4 Å². The first-order chi connectivity index (χ1) is 11.4. The number of esters is 1. The van der Waals surface area contributed by atoms with E-state index < -0.39 is 5.97 Å². The largest absolute Gasteiger partial charge is 0.478 e. The molecule has 1 aromatic rings. The second-order valence-electron chi connectivity index (χ2n) is 5.98. The molecule has 1 aromatic carbocycles. The predicted molar refractivity (Wildman–Crippen MR) is 92.3 cm³/mol. The van der Waals surface area contributed by atoms with Gasteiger partial charge in [0, 0.05) is 51.0 Å². The lowest BCUT2D eigenvalue weighted by molar-refractivity contribution is -0.145. The Hall–Kier alpha value is -2.28. The Balaban J connectivity index is 1.92. The van der Waals surface area contributed by atoms with Crippen molar-refractivity contribution in [2.45, 2.75) is 26.4 Å². The van der Waals surface area contributed by atoms with Crippen LogP contribution in [0, 0.1) is 0 Å². The van der Waals surface area contributed by atoms with Crippen LogP contribution in [0.4, 0.5) is 11.4 Å². The number of nitrogens with two attached hydrogens (primary N) is 1. The zero-order valence-electron chi connectivity index (χ0n) is 14.2. The minimum Gasteiger partial charge on any atom is -0.478 e. The number of carbonyl (C=O) groups excluding carboxylic acids is 1. The van der Waals surface area contributed by atoms with Gasteiger partial charge in [-0.25, -0.2) is 4.79 Å². The maximum Gasteiger partial charge on any atom is 0.337 e. The lowest BCUT2D eigenvalue weighted by Crippen LogP contribution is -2.35. The lowest BCUT2D eigenvalue weighted by Gasteiger charge is -2.26. The van der Waals surface area contributed by atoms with Gasteiger partial charge in [-0.05, 0) is 31.5 Å². The van der Waals surface area contributed by atoms with Crippen LogP contribution < -0.4 is 10.6 Å². The van der Waals surface area contributed by atoms with Gasteiger partial charge in [-0.1, -0.05) is 0 Å². The number of aromatic carboxylic acids is 1. The first-order valence-corrected chi connectivity index (χ1v) is 8.18. The fourth-order valence-corrected chi connectivity index (χ4v) is 3.00. The highest BCUT2D eigenvalue weighted by atomic mass is 16.5. The van der Waals surface area contributed by atoms with Crippen LogP contribution >= 0.6 is 0 Å². The van der Waals surface area contributed by atoms with Crippen molar-refractivity contribution in [2.75, 3.05) is 43.4 Å². The van der Waals surface area contributed by atoms with E-state index in [2.05, 4.69) is 9.80 Å². The van der Waals surface area contributed by atoms with E-state index >= 15 is 0 Å². The summed E-state index contributed by atoms with van der Waals surface area (Å²) in [6.07, 6.45) is 0.856. The van der Waals surface area contributed by atoms with E-state index in [0.717, 1.165) is 44.8 Å². The fourth-order valence-electron chi connectivity index (χ4n) is 3.00. The van der Waals surface area contributed by atoms with E-state index in [1.807, 2.05) is 6.92 Å².